The third-order valence-corrected chi connectivity index (χ3v) is 8.50. The lowest BCUT2D eigenvalue weighted by molar-refractivity contribution is 0.637. The minimum atomic E-state index is -0.288. The Morgan fingerprint density at radius 2 is 1.50 bits per heavy atom. The first kappa shape index (κ1) is 21.4. The van der Waals surface area contributed by atoms with Gasteiger partial charge in [0.25, 0.3) is 5.56 Å². The summed E-state index contributed by atoms with van der Waals surface area (Å²) in [5.41, 5.74) is 2.48. The Bertz CT molecular complexity index is 1670. The molecular weight excluding hydrogens is 464 g/mol. The molecule has 2 heterocycles. The Morgan fingerprint density at radius 3 is 2.38 bits per heavy atom. The van der Waals surface area contributed by atoms with Gasteiger partial charge in [0.2, 0.25) is 0 Å². The Morgan fingerprint density at radius 1 is 0.794 bits per heavy atom. The van der Waals surface area contributed by atoms with Gasteiger partial charge in [-0.15, -0.1) is 11.3 Å². The lowest BCUT2D eigenvalue weighted by Gasteiger charge is -2.15. The van der Waals surface area contributed by atoms with Crippen LogP contribution in [0, 0.1) is 0 Å². The van der Waals surface area contributed by atoms with Gasteiger partial charge < -0.3 is 0 Å². The summed E-state index contributed by atoms with van der Waals surface area (Å²) in [5, 5.41) is 3.53. The highest BCUT2D eigenvalue weighted by molar-refractivity contribution is 7.18. The van der Waals surface area contributed by atoms with E-state index in [4.69, 9.17) is 11.6 Å². The van der Waals surface area contributed by atoms with E-state index in [1.807, 2.05) is 36.4 Å². The van der Waals surface area contributed by atoms with Crippen LogP contribution in [0.5, 0.6) is 0 Å². The van der Waals surface area contributed by atoms with E-state index in [1.165, 1.54) is 9.44 Å². The monoisotopic (exact) mass is 486 g/mol. The van der Waals surface area contributed by atoms with E-state index in [0.717, 1.165) is 58.0 Å². The zero-order valence-electron chi connectivity index (χ0n) is 18.6. The number of hydrogen-bond acceptors (Lipinski definition) is 3. The quantitative estimate of drug-likeness (QED) is 0.312. The van der Waals surface area contributed by atoms with E-state index in [0.29, 0.717) is 17.0 Å². The van der Waals surface area contributed by atoms with Gasteiger partial charge in [-0.3, -0.25) is 13.9 Å². The molecular formula is C28H23ClN2O2S. The average molecular weight is 487 g/mol. The Kier molecular flexibility index (Phi) is 5.39. The molecule has 0 aliphatic heterocycles. The maximum atomic E-state index is 13.9. The van der Waals surface area contributed by atoms with Crippen LogP contribution in [0.15, 0.2) is 76.3 Å². The van der Waals surface area contributed by atoms with Crippen LogP contribution in [-0.4, -0.2) is 9.13 Å². The maximum absolute atomic E-state index is 13.9. The SMILES string of the molecule is O=c1c2c3c(sc2n(Cc2cccc4ccccc24)c(=O)n1Cc1ccccc1Cl)CCCC3. The smallest absolute Gasteiger partial charge is 0.280 e. The Labute approximate surface area is 205 Å². The molecule has 0 saturated heterocycles. The second kappa shape index (κ2) is 8.57. The van der Waals surface area contributed by atoms with Crippen LogP contribution in [0.4, 0.5) is 0 Å². The fraction of sp³-hybridized carbons (Fsp3) is 0.214. The molecule has 0 amide bonds. The van der Waals surface area contributed by atoms with Crippen molar-refractivity contribution < 1.29 is 0 Å². The topological polar surface area (TPSA) is 44.0 Å². The molecule has 0 spiro atoms. The number of nitrogens with zero attached hydrogens (tertiary/aromatic N) is 2. The van der Waals surface area contributed by atoms with E-state index in [-0.39, 0.29) is 17.8 Å². The zero-order valence-corrected chi connectivity index (χ0v) is 20.2. The van der Waals surface area contributed by atoms with Crippen molar-refractivity contribution in [1.29, 1.82) is 0 Å². The molecule has 0 radical (unpaired) electrons. The lowest BCUT2D eigenvalue weighted by Crippen LogP contribution is -2.40. The van der Waals surface area contributed by atoms with E-state index >= 15 is 0 Å². The molecule has 5 aromatic rings. The van der Waals surface area contributed by atoms with Crippen molar-refractivity contribution in [2.75, 3.05) is 0 Å². The number of hydrogen-bond donors (Lipinski definition) is 0. The summed E-state index contributed by atoms with van der Waals surface area (Å²) in [6.07, 6.45) is 4.07. The zero-order chi connectivity index (χ0) is 23.2. The normalized spacial score (nSPS) is 13.4. The van der Waals surface area contributed by atoms with Crippen LogP contribution in [0.25, 0.3) is 21.0 Å². The molecule has 0 bridgehead atoms. The van der Waals surface area contributed by atoms with Crippen LogP contribution in [0.3, 0.4) is 0 Å². The number of benzene rings is 3. The molecule has 170 valence electrons. The highest BCUT2D eigenvalue weighted by Crippen LogP contribution is 2.34. The van der Waals surface area contributed by atoms with Gasteiger partial charge >= 0.3 is 5.69 Å². The number of thiophene rings is 1. The minimum absolute atomic E-state index is 0.160. The van der Waals surface area contributed by atoms with Gasteiger partial charge in [-0.1, -0.05) is 72.3 Å². The standard InChI is InChI=1S/C28H23ClN2O2S/c29-23-14-5-2-9-20(23)17-30-26(32)25-22-13-4-6-15-24(22)34-27(25)31(28(30)33)16-19-11-7-10-18-8-1-3-12-21(18)19/h1-3,5,7-12,14H,4,6,13,15-17H2. The molecule has 0 N–H and O–H groups in total. The second-order valence-corrected chi connectivity index (χ2v) is 10.4. The van der Waals surface area contributed by atoms with E-state index in [1.54, 1.807) is 22.0 Å². The van der Waals surface area contributed by atoms with Crippen LogP contribution in [0.1, 0.15) is 34.4 Å². The largest absolute Gasteiger partial charge is 0.332 e. The van der Waals surface area contributed by atoms with Crippen LogP contribution < -0.4 is 11.2 Å². The lowest BCUT2D eigenvalue weighted by atomic mass is 9.97. The summed E-state index contributed by atoms with van der Waals surface area (Å²) in [6.45, 7) is 0.576. The third kappa shape index (κ3) is 3.51. The summed E-state index contributed by atoms with van der Waals surface area (Å²) >= 11 is 8.03. The molecule has 0 fully saturated rings. The van der Waals surface area contributed by atoms with Crippen molar-refractivity contribution in [2.45, 2.75) is 38.8 Å². The maximum Gasteiger partial charge on any atom is 0.332 e. The van der Waals surface area contributed by atoms with Gasteiger partial charge in [0.1, 0.15) is 4.83 Å². The first-order chi connectivity index (χ1) is 16.6. The molecule has 0 unspecified atom stereocenters. The summed E-state index contributed by atoms with van der Waals surface area (Å²) in [5.74, 6) is 0. The predicted octanol–water partition coefficient (Wildman–Crippen LogP) is 6.01. The average Bonchev–Trinajstić information content (AvgIpc) is 3.25. The van der Waals surface area contributed by atoms with Gasteiger partial charge in [0.15, 0.2) is 0 Å². The number of aromatic nitrogens is 2. The summed E-state index contributed by atoms with van der Waals surface area (Å²) in [6, 6.07) is 21.8. The highest BCUT2D eigenvalue weighted by atomic mass is 35.5. The molecule has 0 saturated carbocycles. The van der Waals surface area contributed by atoms with E-state index < -0.39 is 0 Å². The van der Waals surface area contributed by atoms with Gasteiger partial charge in [0, 0.05) is 9.90 Å². The minimum Gasteiger partial charge on any atom is -0.280 e. The summed E-state index contributed by atoms with van der Waals surface area (Å²) in [4.78, 5) is 29.6. The molecule has 6 rings (SSSR count). The van der Waals surface area contributed by atoms with Gasteiger partial charge in [0.05, 0.1) is 18.5 Å². The molecule has 0 atom stereocenters. The number of fused-ring (bicyclic) bond motifs is 4. The third-order valence-electron chi connectivity index (χ3n) is 6.81. The van der Waals surface area contributed by atoms with Crippen molar-refractivity contribution in [2.24, 2.45) is 0 Å². The number of rotatable bonds is 4. The van der Waals surface area contributed by atoms with Crippen LogP contribution >= 0.6 is 22.9 Å². The molecule has 1 aliphatic rings. The van der Waals surface area contributed by atoms with Crippen molar-refractivity contribution in [3.8, 4) is 0 Å². The molecule has 34 heavy (non-hydrogen) atoms. The Balaban J connectivity index is 1.61. The molecule has 4 nitrogen and oxygen atoms in total. The van der Waals surface area contributed by atoms with E-state index in [2.05, 4.69) is 24.3 Å². The van der Waals surface area contributed by atoms with Crippen molar-refractivity contribution >= 4 is 43.9 Å². The fourth-order valence-corrected chi connectivity index (χ4v) is 6.66. The van der Waals surface area contributed by atoms with Crippen molar-refractivity contribution in [3.63, 3.8) is 0 Å². The first-order valence-electron chi connectivity index (χ1n) is 11.6. The van der Waals surface area contributed by atoms with E-state index in [9.17, 15) is 9.59 Å². The fourth-order valence-electron chi connectivity index (χ4n) is 5.09. The number of halogens is 1. The molecule has 3 aromatic carbocycles. The second-order valence-electron chi connectivity index (χ2n) is 8.88. The predicted molar refractivity (Wildman–Crippen MR) is 141 cm³/mol. The Hall–Kier alpha value is -3.15. The summed E-state index contributed by atoms with van der Waals surface area (Å²) in [7, 11) is 0. The van der Waals surface area contributed by atoms with Crippen molar-refractivity contribution in [1.82, 2.24) is 9.13 Å². The molecule has 2 aromatic heterocycles. The number of aryl methyl sites for hydroxylation is 2. The van der Waals surface area contributed by atoms with Crippen LogP contribution in [0.2, 0.25) is 5.02 Å². The van der Waals surface area contributed by atoms with Gasteiger partial charge in [-0.2, -0.15) is 0 Å². The molecule has 1 aliphatic carbocycles. The summed E-state index contributed by atoms with van der Waals surface area (Å²) < 4.78 is 3.18. The first-order valence-corrected chi connectivity index (χ1v) is 12.8. The van der Waals surface area contributed by atoms with Crippen LogP contribution in [-0.2, 0) is 25.9 Å². The van der Waals surface area contributed by atoms with Crippen molar-refractivity contribution in [3.05, 3.63) is 114 Å². The highest BCUT2D eigenvalue weighted by Gasteiger charge is 2.24. The van der Waals surface area contributed by atoms with Gasteiger partial charge in [-0.25, -0.2) is 4.79 Å². The van der Waals surface area contributed by atoms with Gasteiger partial charge in [-0.05, 0) is 59.2 Å². The molecule has 6 heteroatoms.